The lowest BCUT2D eigenvalue weighted by molar-refractivity contribution is -0.122. The van der Waals surface area contributed by atoms with Gasteiger partial charge in [0.05, 0.1) is 0 Å². The molecule has 0 aliphatic heterocycles. The van der Waals surface area contributed by atoms with E-state index in [-0.39, 0.29) is 22.8 Å². The summed E-state index contributed by atoms with van der Waals surface area (Å²) in [5.41, 5.74) is 0.582. The highest BCUT2D eigenvalue weighted by Crippen LogP contribution is 2.20. The van der Waals surface area contributed by atoms with E-state index < -0.39 is 5.41 Å². The standard InChI is InChI=1S/C18H27ClN2O.BrH/c1-18(2,14-21(5)13-12-20(3)4)17(22)11-8-15-6-9-16(19)10-7-15;/h6-11H,12-14H2,1-5H3;1H/b11-8+;. The van der Waals surface area contributed by atoms with Gasteiger partial charge in [-0.2, -0.15) is 0 Å². The van der Waals surface area contributed by atoms with Gasteiger partial charge in [-0.05, 0) is 44.9 Å². The zero-order chi connectivity index (χ0) is 16.8. The number of likely N-dealkylation sites (N-methyl/N-ethyl adjacent to an activating group) is 2. The van der Waals surface area contributed by atoms with Gasteiger partial charge in [-0.3, -0.25) is 4.79 Å². The van der Waals surface area contributed by atoms with Crippen LogP contribution in [0.3, 0.4) is 0 Å². The van der Waals surface area contributed by atoms with Gasteiger partial charge in [0.25, 0.3) is 0 Å². The maximum Gasteiger partial charge on any atom is 0.162 e. The van der Waals surface area contributed by atoms with Crippen LogP contribution in [0.5, 0.6) is 0 Å². The molecule has 0 aromatic heterocycles. The Bertz CT molecular complexity index is 512. The molecule has 0 unspecified atom stereocenters. The van der Waals surface area contributed by atoms with Crippen molar-refractivity contribution in [3.05, 3.63) is 40.9 Å². The maximum atomic E-state index is 12.4. The summed E-state index contributed by atoms with van der Waals surface area (Å²) in [4.78, 5) is 16.8. The van der Waals surface area contributed by atoms with E-state index in [1.54, 1.807) is 6.08 Å². The minimum atomic E-state index is -0.399. The molecule has 0 saturated carbocycles. The minimum absolute atomic E-state index is 0. The highest BCUT2D eigenvalue weighted by molar-refractivity contribution is 8.93. The number of carbonyl (C=O) groups excluding carboxylic acids is 1. The highest BCUT2D eigenvalue weighted by Gasteiger charge is 2.26. The van der Waals surface area contributed by atoms with E-state index >= 15 is 0 Å². The second-order valence-corrected chi connectivity index (χ2v) is 7.11. The summed E-state index contributed by atoms with van der Waals surface area (Å²) in [6, 6.07) is 7.46. The number of nitrogens with zero attached hydrogens (tertiary/aromatic N) is 2. The molecule has 0 N–H and O–H groups in total. The first-order valence-corrected chi connectivity index (χ1v) is 7.90. The fourth-order valence-electron chi connectivity index (χ4n) is 2.17. The number of carbonyl (C=O) groups is 1. The van der Waals surface area contributed by atoms with Crippen molar-refractivity contribution in [2.75, 3.05) is 40.8 Å². The van der Waals surface area contributed by atoms with Crippen molar-refractivity contribution >= 4 is 40.4 Å². The first-order valence-electron chi connectivity index (χ1n) is 7.52. The molecule has 130 valence electrons. The summed E-state index contributed by atoms with van der Waals surface area (Å²) in [6.07, 6.45) is 3.52. The molecule has 0 fully saturated rings. The highest BCUT2D eigenvalue weighted by atomic mass is 79.9. The maximum absolute atomic E-state index is 12.4. The Morgan fingerprint density at radius 3 is 2.22 bits per heavy atom. The van der Waals surface area contributed by atoms with Crippen molar-refractivity contribution in [2.24, 2.45) is 5.41 Å². The fourth-order valence-corrected chi connectivity index (χ4v) is 2.30. The van der Waals surface area contributed by atoms with Gasteiger partial charge >= 0.3 is 0 Å². The lowest BCUT2D eigenvalue weighted by atomic mass is 9.87. The second-order valence-electron chi connectivity index (χ2n) is 6.67. The third-order valence-electron chi connectivity index (χ3n) is 3.56. The molecule has 0 saturated heterocycles. The van der Waals surface area contributed by atoms with Crippen molar-refractivity contribution in [2.45, 2.75) is 13.8 Å². The SMILES string of the molecule is Br.CN(C)CCN(C)CC(C)(C)C(=O)/C=C/c1ccc(Cl)cc1. The van der Waals surface area contributed by atoms with Crippen molar-refractivity contribution in [3.8, 4) is 0 Å². The minimum Gasteiger partial charge on any atom is -0.308 e. The van der Waals surface area contributed by atoms with Crippen LogP contribution in [-0.2, 0) is 4.79 Å². The van der Waals surface area contributed by atoms with Crippen molar-refractivity contribution < 1.29 is 4.79 Å². The van der Waals surface area contributed by atoms with Gasteiger partial charge in [-0.25, -0.2) is 0 Å². The van der Waals surface area contributed by atoms with Crippen molar-refractivity contribution in [1.29, 1.82) is 0 Å². The Kier molecular flexibility index (Phi) is 9.94. The number of rotatable bonds is 8. The molecule has 0 aliphatic rings. The molecule has 0 aliphatic carbocycles. The molecular formula is C18H28BrClN2O. The van der Waals surface area contributed by atoms with E-state index in [0.29, 0.717) is 5.02 Å². The molecule has 0 heterocycles. The molecule has 5 heteroatoms. The number of halogens is 2. The first-order chi connectivity index (χ1) is 10.2. The number of benzene rings is 1. The van der Waals surface area contributed by atoms with Crippen LogP contribution >= 0.6 is 28.6 Å². The Morgan fingerprint density at radius 2 is 1.70 bits per heavy atom. The third kappa shape index (κ3) is 8.66. The Balaban J connectivity index is 0.00000484. The number of ketones is 1. The monoisotopic (exact) mass is 402 g/mol. The molecule has 1 aromatic carbocycles. The molecule has 1 aromatic rings. The molecule has 1 rings (SSSR count). The van der Waals surface area contributed by atoms with E-state index in [9.17, 15) is 4.79 Å². The summed E-state index contributed by atoms with van der Waals surface area (Å²) in [6.45, 7) is 6.66. The van der Waals surface area contributed by atoms with Crippen LogP contribution in [0.4, 0.5) is 0 Å². The Labute approximate surface area is 156 Å². The van der Waals surface area contributed by atoms with Gasteiger partial charge in [0.2, 0.25) is 0 Å². The molecule has 23 heavy (non-hydrogen) atoms. The fraction of sp³-hybridized carbons (Fsp3) is 0.500. The Morgan fingerprint density at radius 1 is 1.13 bits per heavy atom. The molecule has 0 spiro atoms. The van der Waals surface area contributed by atoms with Crippen LogP contribution in [0, 0.1) is 5.41 Å². The predicted molar refractivity (Wildman–Crippen MR) is 106 cm³/mol. The van der Waals surface area contributed by atoms with Crippen molar-refractivity contribution in [3.63, 3.8) is 0 Å². The van der Waals surface area contributed by atoms with Gasteiger partial charge in [0.1, 0.15) is 0 Å². The number of hydrogen-bond acceptors (Lipinski definition) is 3. The largest absolute Gasteiger partial charge is 0.308 e. The van der Waals surface area contributed by atoms with E-state index in [1.807, 2.05) is 44.2 Å². The predicted octanol–water partition coefficient (Wildman–Crippen LogP) is 4.02. The zero-order valence-corrected chi connectivity index (χ0v) is 17.1. The van der Waals surface area contributed by atoms with E-state index in [1.165, 1.54) is 0 Å². The average Bonchev–Trinajstić information content (AvgIpc) is 2.43. The first kappa shape index (κ1) is 22.3. The van der Waals surface area contributed by atoms with Crippen molar-refractivity contribution in [1.82, 2.24) is 9.80 Å². The molecule has 0 amide bonds. The summed E-state index contributed by atoms with van der Waals surface area (Å²) in [5.74, 6) is 0.138. The number of allylic oxidation sites excluding steroid dienone is 1. The van der Waals surface area contributed by atoms with E-state index in [4.69, 9.17) is 11.6 Å². The van der Waals surface area contributed by atoms with Gasteiger partial charge in [0.15, 0.2) is 5.78 Å². The zero-order valence-electron chi connectivity index (χ0n) is 14.7. The van der Waals surface area contributed by atoms with Crippen LogP contribution in [-0.4, -0.2) is 56.4 Å². The molecule has 0 radical (unpaired) electrons. The quantitative estimate of drug-likeness (QED) is 0.612. The molecule has 0 bridgehead atoms. The van der Waals surface area contributed by atoms with Crippen LogP contribution in [0.2, 0.25) is 5.02 Å². The summed E-state index contributed by atoms with van der Waals surface area (Å²) in [7, 11) is 6.17. The average molecular weight is 404 g/mol. The molecule has 3 nitrogen and oxygen atoms in total. The van der Waals surface area contributed by atoms with Gasteiger partial charge in [-0.1, -0.05) is 43.7 Å². The van der Waals surface area contributed by atoms with Gasteiger partial charge in [-0.15, -0.1) is 17.0 Å². The smallest absolute Gasteiger partial charge is 0.162 e. The normalized spacial score (nSPS) is 12.0. The summed E-state index contributed by atoms with van der Waals surface area (Å²) >= 11 is 5.86. The molecule has 0 atom stereocenters. The third-order valence-corrected chi connectivity index (χ3v) is 3.81. The van der Waals surface area contributed by atoms with Crippen LogP contribution in [0.25, 0.3) is 6.08 Å². The molecular weight excluding hydrogens is 376 g/mol. The van der Waals surface area contributed by atoms with E-state index in [2.05, 4.69) is 30.9 Å². The summed E-state index contributed by atoms with van der Waals surface area (Å²) < 4.78 is 0. The van der Waals surface area contributed by atoms with Crippen LogP contribution < -0.4 is 0 Å². The second kappa shape index (κ2) is 10.2. The van der Waals surface area contributed by atoms with E-state index in [0.717, 1.165) is 25.2 Å². The summed E-state index contributed by atoms with van der Waals surface area (Å²) in [5, 5.41) is 0.700. The van der Waals surface area contributed by atoms with Crippen LogP contribution in [0.1, 0.15) is 19.4 Å². The van der Waals surface area contributed by atoms with Crippen LogP contribution in [0.15, 0.2) is 30.3 Å². The lowest BCUT2D eigenvalue weighted by Gasteiger charge is -2.28. The van der Waals surface area contributed by atoms with Gasteiger partial charge in [0, 0.05) is 30.1 Å². The number of hydrogen-bond donors (Lipinski definition) is 0. The Hall–Kier alpha value is -0.680. The lowest BCUT2D eigenvalue weighted by Crippen LogP contribution is -2.39. The van der Waals surface area contributed by atoms with Gasteiger partial charge < -0.3 is 9.80 Å². The topological polar surface area (TPSA) is 23.6 Å².